The number of aromatic nitrogens is 1. The van der Waals surface area contributed by atoms with Crippen LogP contribution < -0.4 is 0 Å². The summed E-state index contributed by atoms with van der Waals surface area (Å²) in [5.41, 5.74) is 7.37. The van der Waals surface area contributed by atoms with Crippen molar-refractivity contribution in [2.75, 3.05) is 7.05 Å². The first-order valence-corrected chi connectivity index (χ1v) is 11.1. The van der Waals surface area contributed by atoms with Crippen LogP contribution >= 0.6 is 0 Å². The molecule has 1 aliphatic heterocycles. The number of fused-ring (bicyclic) bond motifs is 5. The molecule has 0 spiro atoms. The summed E-state index contributed by atoms with van der Waals surface area (Å²) >= 11 is 0. The molecule has 29 heavy (non-hydrogen) atoms. The molecule has 2 heterocycles. The van der Waals surface area contributed by atoms with Crippen LogP contribution in [0.4, 0.5) is 0 Å². The van der Waals surface area contributed by atoms with Gasteiger partial charge in [0.05, 0.1) is 0 Å². The fraction of sp³-hybridized carbons (Fsp3) is 0.538. The first kappa shape index (κ1) is 18.8. The van der Waals surface area contributed by atoms with Gasteiger partial charge in [0.25, 0.3) is 0 Å². The largest absolute Gasteiger partial charge is 0.322 e. The molecule has 3 aliphatic carbocycles. The predicted molar refractivity (Wildman–Crippen MR) is 117 cm³/mol. The van der Waals surface area contributed by atoms with E-state index < -0.39 is 0 Å². The monoisotopic (exact) mass is 388 g/mol. The second-order valence-electron chi connectivity index (χ2n) is 10.2. The minimum absolute atomic E-state index is 0.131. The normalized spacial score (nSPS) is 36.3. The molecule has 3 nitrogen and oxygen atoms in total. The van der Waals surface area contributed by atoms with Gasteiger partial charge in [0.15, 0.2) is 0 Å². The van der Waals surface area contributed by atoms with Crippen molar-refractivity contribution in [2.24, 2.45) is 22.7 Å². The van der Waals surface area contributed by atoms with E-state index in [9.17, 15) is 4.79 Å². The molecule has 0 aromatic carbocycles. The molecule has 0 radical (unpaired) electrons. The van der Waals surface area contributed by atoms with Crippen LogP contribution in [0.2, 0.25) is 0 Å². The molecule has 4 aliphatic rings. The van der Waals surface area contributed by atoms with Crippen molar-refractivity contribution in [1.29, 1.82) is 0 Å². The number of hydrogen-bond acceptors (Lipinski definition) is 2. The van der Waals surface area contributed by atoms with Crippen molar-refractivity contribution < 1.29 is 4.79 Å². The second-order valence-corrected chi connectivity index (χ2v) is 10.2. The van der Waals surface area contributed by atoms with Crippen LogP contribution in [0.5, 0.6) is 0 Å². The third-order valence-electron chi connectivity index (χ3n) is 8.57. The van der Waals surface area contributed by atoms with Crippen molar-refractivity contribution in [3.05, 3.63) is 59.1 Å². The Morgan fingerprint density at radius 3 is 2.72 bits per heavy atom. The molecule has 0 N–H and O–H groups in total. The van der Waals surface area contributed by atoms with Crippen LogP contribution in [0.3, 0.4) is 0 Å². The molecule has 2 unspecified atom stereocenters. The van der Waals surface area contributed by atoms with E-state index in [1.807, 2.05) is 24.3 Å². The van der Waals surface area contributed by atoms with Gasteiger partial charge in [0, 0.05) is 37.5 Å². The molecule has 1 aromatic heterocycles. The first-order valence-electron chi connectivity index (χ1n) is 11.1. The number of allylic oxidation sites excluding steroid dienone is 5. The number of rotatable bonds is 1. The Morgan fingerprint density at radius 2 is 1.93 bits per heavy atom. The molecule has 2 saturated carbocycles. The van der Waals surface area contributed by atoms with Gasteiger partial charge >= 0.3 is 0 Å². The highest BCUT2D eigenvalue weighted by Gasteiger charge is 2.54. The second kappa shape index (κ2) is 6.42. The Balaban J connectivity index is 1.49. The molecule has 4 atom stereocenters. The minimum atomic E-state index is 0.131. The summed E-state index contributed by atoms with van der Waals surface area (Å²) in [6.45, 7) is 7.02. The smallest absolute Gasteiger partial charge is 0.226 e. The molecule has 0 bridgehead atoms. The molecule has 5 rings (SSSR count). The van der Waals surface area contributed by atoms with E-state index in [1.165, 1.54) is 41.5 Å². The molecular weight excluding hydrogens is 356 g/mol. The van der Waals surface area contributed by atoms with Gasteiger partial charge < -0.3 is 4.90 Å². The highest BCUT2D eigenvalue weighted by atomic mass is 16.2. The van der Waals surface area contributed by atoms with Crippen LogP contribution in [0, 0.1) is 29.6 Å². The van der Waals surface area contributed by atoms with Gasteiger partial charge in [-0.2, -0.15) is 0 Å². The molecule has 2 fully saturated rings. The van der Waals surface area contributed by atoms with Crippen LogP contribution in [-0.4, -0.2) is 22.8 Å². The average molecular weight is 389 g/mol. The molecule has 0 saturated heterocycles. The summed E-state index contributed by atoms with van der Waals surface area (Å²) in [4.78, 5) is 18.7. The number of aryl methyl sites for hydroxylation is 1. The number of carbonyl (C=O) groups excluding carboxylic acids is 1. The lowest BCUT2D eigenvalue weighted by molar-refractivity contribution is -0.127. The van der Waals surface area contributed by atoms with E-state index in [-0.39, 0.29) is 16.7 Å². The third kappa shape index (κ3) is 2.69. The van der Waals surface area contributed by atoms with Crippen LogP contribution in [0.25, 0.3) is 5.57 Å². The topological polar surface area (TPSA) is 33.2 Å². The standard InChI is InChI=1S/C26H32N2O/c1-17-13-18(15-27-14-17)21-7-8-22-20-6-5-19-16-28(4)24(29)10-12-25(19,2)23(20)9-11-26(21,22)3/h7-8,13-16,20,23H,5-6,9-12H2,1-4H3/t20?,23?,25-,26+/m0/s1. The summed E-state index contributed by atoms with van der Waals surface area (Å²) in [5.74, 6) is 1.53. The summed E-state index contributed by atoms with van der Waals surface area (Å²) in [5, 5.41) is 0. The number of nitrogens with zero attached hydrogens (tertiary/aromatic N) is 2. The fourth-order valence-corrected chi connectivity index (χ4v) is 6.85. The maximum absolute atomic E-state index is 12.4. The van der Waals surface area contributed by atoms with Crippen molar-refractivity contribution in [2.45, 2.75) is 59.3 Å². The van der Waals surface area contributed by atoms with E-state index in [0.29, 0.717) is 18.3 Å². The average Bonchev–Trinajstić information content (AvgIpc) is 3.00. The van der Waals surface area contributed by atoms with Crippen molar-refractivity contribution in [1.82, 2.24) is 9.88 Å². The Kier molecular flexibility index (Phi) is 4.17. The maximum Gasteiger partial charge on any atom is 0.226 e. The number of hydrogen-bond donors (Lipinski definition) is 0. The highest BCUT2D eigenvalue weighted by Crippen LogP contribution is 2.64. The SMILES string of the molecule is Cc1cncc(C2=CC=C3C4CCC5=CN(C)C(=O)CC[C@]5(C)C4CC[C@]23C)c1. The summed E-state index contributed by atoms with van der Waals surface area (Å²) in [6, 6.07) is 2.28. The van der Waals surface area contributed by atoms with Crippen LogP contribution in [0.15, 0.2) is 48.0 Å². The fourth-order valence-electron chi connectivity index (χ4n) is 6.85. The van der Waals surface area contributed by atoms with E-state index in [1.54, 1.807) is 5.57 Å². The molecule has 152 valence electrons. The van der Waals surface area contributed by atoms with Gasteiger partial charge in [-0.15, -0.1) is 0 Å². The lowest BCUT2D eigenvalue weighted by Gasteiger charge is -2.55. The number of amides is 1. The quantitative estimate of drug-likeness (QED) is 0.620. The van der Waals surface area contributed by atoms with Gasteiger partial charge in [-0.3, -0.25) is 9.78 Å². The third-order valence-corrected chi connectivity index (χ3v) is 8.57. The zero-order valence-electron chi connectivity index (χ0n) is 18.2. The summed E-state index contributed by atoms with van der Waals surface area (Å²) in [7, 11) is 1.93. The Hall–Kier alpha value is -2.16. The Morgan fingerprint density at radius 1 is 1.10 bits per heavy atom. The zero-order valence-corrected chi connectivity index (χ0v) is 18.2. The summed E-state index contributed by atoms with van der Waals surface area (Å²) in [6.07, 6.45) is 17.4. The zero-order chi connectivity index (χ0) is 20.4. The molecule has 1 amide bonds. The van der Waals surface area contributed by atoms with E-state index in [2.05, 4.69) is 50.2 Å². The molecular formula is C26H32N2O. The van der Waals surface area contributed by atoms with E-state index in [4.69, 9.17) is 0 Å². The van der Waals surface area contributed by atoms with Crippen molar-refractivity contribution in [3.8, 4) is 0 Å². The van der Waals surface area contributed by atoms with Crippen LogP contribution in [-0.2, 0) is 4.79 Å². The van der Waals surface area contributed by atoms with Gasteiger partial charge in [-0.25, -0.2) is 0 Å². The van der Waals surface area contributed by atoms with Gasteiger partial charge in [-0.05, 0) is 84.6 Å². The first-order chi connectivity index (χ1) is 13.8. The lowest BCUT2D eigenvalue weighted by atomic mass is 9.49. The van der Waals surface area contributed by atoms with Crippen molar-refractivity contribution in [3.63, 3.8) is 0 Å². The Bertz CT molecular complexity index is 971. The van der Waals surface area contributed by atoms with Gasteiger partial charge in [-0.1, -0.05) is 31.6 Å². The lowest BCUT2D eigenvalue weighted by Crippen LogP contribution is -2.45. The van der Waals surface area contributed by atoms with Gasteiger partial charge in [0.2, 0.25) is 5.91 Å². The Labute approximate surface area is 174 Å². The maximum atomic E-state index is 12.4. The number of carbonyl (C=O) groups is 1. The van der Waals surface area contributed by atoms with E-state index in [0.717, 1.165) is 12.8 Å². The minimum Gasteiger partial charge on any atom is -0.322 e. The molecule has 3 heteroatoms. The van der Waals surface area contributed by atoms with Crippen molar-refractivity contribution >= 4 is 11.5 Å². The highest BCUT2D eigenvalue weighted by molar-refractivity contribution is 5.79. The number of pyridine rings is 1. The van der Waals surface area contributed by atoms with Crippen LogP contribution in [0.1, 0.15) is 63.5 Å². The summed E-state index contributed by atoms with van der Waals surface area (Å²) < 4.78 is 0. The van der Waals surface area contributed by atoms with Gasteiger partial charge in [0.1, 0.15) is 0 Å². The predicted octanol–water partition coefficient (Wildman–Crippen LogP) is 5.68. The molecule has 1 aromatic rings. The van der Waals surface area contributed by atoms with E-state index >= 15 is 0 Å².